The summed E-state index contributed by atoms with van der Waals surface area (Å²) in [6.45, 7) is 6.22. The number of hydrogen-bond acceptors (Lipinski definition) is 13. The van der Waals surface area contributed by atoms with Gasteiger partial charge in [-0.25, -0.2) is 9.78 Å². The van der Waals surface area contributed by atoms with Crippen LogP contribution in [0.15, 0.2) is 118 Å². The standard InChI is InChI=1S/C39H37N7O5S4/c1-38(2,3)31-33(43-45-55-31)52-20-23-21-53-35-29(34(48)46(35)30(23)36(49)50)41-32(47)28(44-51-4)27-22-54-37(40-27)42-39(24-14-8-5-9-15-24,25-16-10-6-11-17-25)26-18-12-7-13-19-26/h5-19,22,29,35H,20-21H2,1-4H3,(H,40,42)(H,41,47)(H,49,50)/b44-28-. The maximum absolute atomic E-state index is 13.8. The summed E-state index contributed by atoms with van der Waals surface area (Å²) in [6.07, 6.45) is 0. The molecule has 282 valence electrons. The zero-order chi connectivity index (χ0) is 38.7. The summed E-state index contributed by atoms with van der Waals surface area (Å²) in [5, 5.41) is 27.4. The van der Waals surface area contributed by atoms with Crippen molar-refractivity contribution in [1.29, 1.82) is 0 Å². The van der Waals surface area contributed by atoms with E-state index in [0.29, 0.717) is 22.2 Å². The highest BCUT2D eigenvalue weighted by Crippen LogP contribution is 2.43. The zero-order valence-corrected chi connectivity index (χ0v) is 33.5. The molecule has 3 aromatic carbocycles. The fourth-order valence-corrected chi connectivity index (χ4v) is 10.8. The second-order valence-electron chi connectivity index (χ2n) is 13.7. The average molecular weight is 812 g/mol. The van der Waals surface area contributed by atoms with E-state index in [0.717, 1.165) is 26.6 Å². The highest BCUT2D eigenvalue weighted by molar-refractivity contribution is 8.01. The number of carboxylic acid groups (broad SMARTS) is 1. The number of anilines is 1. The van der Waals surface area contributed by atoms with Gasteiger partial charge in [0.25, 0.3) is 11.8 Å². The van der Waals surface area contributed by atoms with Gasteiger partial charge >= 0.3 is 5.97 Å². The molecular formula is C39H37N7O5S4. The lowest BCUT2D eigenvalue weighted by Crippen LogP contribution is -2.71. The number of aliphatic carboxylic acids is 1. The molecule has 2 atom stereocenters. The lowest BCUT2D eigenvalue weighted by molar-refractivity contribution is -0.150. The molecule has 0 bridgehead atoms. The smallest absolute Gasteiger partial charge is 0.352 e. The van der Waals surface area contributed by atoms with Gasteiger partial charge in [0.1, 0.15) is 40.5 Å². The largest absolute Gasteiger partial charge is 0.477 e. The van der Waals surface area contributed by atoms with Crippen molar-refractivity contribution in [2.24, 2.45) is 5.16 Å². The molecule has 2 aromatic heterocycles. The van der Waals surface area contributed by atoms with E-state index in [-0.39, 0.29) is 22.5 Å². The first kappa shape index (κ1) is 38.3. The van der Waals surface area contributed by atoms with Crippen molar-refractivity contribution in [3.8, 4) is 0 Å². The number of nitrogens with zero attached hydrogens (tertiary/aromatic N) is 5. The van der Waals surface area contributed by atoms with Crippen molar-refractivity contribution in [3.05, 3.63) is 135 Å². The van der Waals surface area contributed by atoms with E-state index < -0.39 is 34.7 Å². The highest BCUT2D eigenvalue weighted by atomic mass is 32.2. The number of oxime groups is 1. The van der Waals surface area contributed by atoms with Crippen LogP contribution in [0.3, 0.4) is 0 Å². The molecule has 16 heteroatoms. The first-order valence-electron chi connectivity index (χ1n) is 17.2. The van der Waals surface area contributed by atoms with Crippen molar-refractivity contribution in [2.75, 3.05) is 23.9 Å². The number of thioether (sulfide) groups is 2. The Hall–Kier alpha value is -5.03. The monoisotopic (exact) mass is 811 g/mol. The van der Waals surface area contributed by atoms with E-state index in [1.165, 1.54) is 58.4 Å². The molecule has 0 radical (unpaired) electrons. The number of carboxylic acids is 1. The first-order valence-corrected chi connectivity index (χ1v) is 20.9. The van der Waals surface area contributed by atoms with Gasteiger partial charge in [0, 0.05) is 22.3 Å². The van der Waals surface area contributed by atoms with Crippen LogP contribution in [-0.2, 0) is 30.2 Å². The molecular weight excluding hydrogens is 775 g/mol. The fourth-order valence-electron chi connectivity index (χ4n) is 6.57. The van der Waals surface area contributed by atoms with Crippen LogP contribution < -0.4 is 10.6 Å². The Balaban J connectivity index is 1.11. The minimum Gasteiger partial charge on any atom is -0.477 e. The van der Waals surface area contributed by atoms with E-state index in [1.807, 2.05) is 54.6 Å². The summed E-state index contributed by atoms with van der Waals surface area (Å²) in [4.78, 5) is 52.1. The Morgan fingerprint density at radius 2 is 1.58 bits per heavy atom. The van der Waals surface area contributed by atoms with E-state index >= 15 is 0 Å². The Labute approximate surface area is 334 Å². The van der Waals surface area contributed by atoms with Gasteiger partial charge in [-0.3, -0.25) is 14.5 Å². The molecule has 0 aliphatic carbocycles. The van der Waals surface area contributed by atoms with Crippen molar-refractivity contribution in [1.82, 2.24) is 24.8 Å². The van der Waals surface area contributed by atoms with Gasteiger partial charge in [-0.2, -0.15) is 0 Å². The number of aromatic nitrogens is 3. The van der Waals surface area contributed by atoms with Gasteiger partial charge in [0.05, 0.1) is 4.88 Å². The molecule has 1 fully saturated rings. The van der Waals surface area contributed by atoms with Crippen molar-refractivity contribution >= 4 is 75.0 Å². The Kier molecular flexibility index (Phi) is 11.1. The maximum atomic E-state index is 13.8. The molecule has 12 nitrogen and oxygen atoms in total. The van der Waals surface area contributed by atoms with Gasteiger partial charge in [-0.1, -0.05) is 133 Å². The third-order valence-corrected chi connectivity index (χ3v) is 13.5. The number of thiazole rings is 1. The summed E-state index contributed by atoms with van der Waals surface area (Å²) < 4.78 is 4.10. The number of rotatable bonds is 13. The van der Waals surface area contributed by atoms with Gasteiger partial charge in [-0.05, 0) is 33.8 Å². The molecule has 0 spiro atoms. The maximum Gasteiger partial charge on any atom is 0.352 e. The quantitative estimate of drug-likeness (QED) is 0.0388. The third-order valence-electron chi connectivity index (χ3n) is 9.12. The van der Waals surface area contributed by atoms with E-state index in [4.69, 9.17) is 9.82 Å². The number of fused-ring (bicyclic) bond motifs is 1. The Bertz CT molecular complexity index is 2160. The van der Waals surface area contributed by atoms with Crippen molar-refractivity contribution in [2.45, 2.75) is 48.2 Å². The molecule has 3 N–H and O–H groups in total. The first-order chi connectivity index (χ1) is 26.5. The number of amides is 2. The molecule has 55 heavy (non-hydrogen) atoms. The summed E-state index contributed by atoms with van der Waals surface area (Å²) >= 11 is 5.43. The van der Waals surface area contributed by atoms with Gasteiger partial charge in [-0.15, -0.1) is 28.2 Å². The van der Waals surface area contributed by atoms with Crippen LogP contribution in [0.2, 0.25) is 0 Å². The molecule has 0 saturated carbocycles. The normalized spacial score (nSPS) is 17.3. The van der Waals surface area contributed by atoms with Crippen LogP contribution in [0.1, 0.15) is 48.0 Å². The average Bonchev–Trinajstić information content (AvgIpc) is 3.88. The van der Waals surface area contributed by atoms with E-state index in [9.17, 15) is 19.5 Å². The SMILES string of the molecule is CO/N=C(\C(=O)NC1C(=O)N2C(C(=O)O)=C(CSc3nnsc3C(C)(C)C)CSC12)c1csc(NC(c2ccccc2)(c2ccccc2)c2ccccc2)n1. The van der Waals surface area contributed by atoms with Crippen LogP contribution >= 0.6 is 46.4 Å². The van der Waals surface area contributed by atoms with Crippen molar-refractivity contribution < 1.29 is 24.3 Å². The Morgan fingerprint density at radius 1 is 0.982 bits per heavy atom. The molecule has 7 rings (SSSR count). The zero-order valence-electron chi connectivity index (χ0n) is 30.3. The van der Waals surface area contributed by atoms with Crippen LogP contribution in [-0.4, -0.2) is 78.1 Å². The van der Waals surface area contributed by atoms with Gasteiger partial charge < -0.3 is 20.6 Å². The van der Waals surface area contributed by atoms with E-state index in [2.05, 4.69) is 82.5 Å². The Morgan fingerprint density at radius 3 is 2.13 bits per heavy atom. The number of β-lactam (4-membered cyclic amide) rings is 1. The van der Waals surface area contributed by atoms with Crippen LogP contribution in [0.5, 0.6) is 0 Å². The van der Waals surface area contributed by atoms with Crippen LogP contribution in [0.4, 0.5) is 5.13 Å². The molecule has 2 amide bonds. The predicted octanol–water partition coefficient (Wildman–Crippen LogP) is 6.58. The lowest BCUT2D eigenvalue weighted by Gasteiger charge is -2.49. The minimum absolute atomic E-state index is 0.0630. The summed E-state index contributed by atoms with van der Waals surface area (Å²) in [5.74, 6) is -1.70. The second-order valence-corrected chi connectivity index (χ2v) is 17.4. The lowest BCUT2D eigenvalue weighted by atomic mass is 9.77. The van der Waals surface area contributed by atoms with Gasteiger partial charge in [0.15, 0.2) is 10.8 Å². The molecule has 5 aromatic rings. The van der Waals surface area contributed by atoms with Crippen LogP contribution in [0, 0.1) is 0 Å². The second kappa shape index (κ2) is 16.0. The number of hydrogen-bond donors (Lipinski definition) is 3. The molecule has 4 heterocycles. The number of benzene rings is 3. The predicted molar refractivity (Wildman–Crippen MR) is 218 cm³/mol. The van der Waals surface area contributed by atoms with E-state index in [1.54, 1.807) is 5.38 Å². The molecule has 2 aliphatic rings. The number of carbonyl (C=O) groups is 3. The van der Waals surface area contributed by atoms with Gasteiger partial charge in [0.2, 0.25) is 0 Å². The molecule has 2 aliphatic heterocycles. The molecule has 1 saturated heterocycles. The summed E-state index contributed by atoms with van der Waals surface area (Å²) in [6, 6.07) is 29.2. The molecule has 2 unspecified atom stereocenters. The number of carbonyl (C=O) groups excluding carboxylic acids is 2. The highest BCUT2D eigenvalue weighted by Gasteiger charge is 2.54. The fraction of sp³-hybridized carbons (Fsp3) is 0.256. The third kappa shape index (κ3) is 7.51. The van der Waals surface area contributed by atoms with Crippen molar-refractivity contribution in [3.63, 3.8) is 0 Å². The van der Waals surface area contributed by atoms with Crippen LogP contribution in [0.25, 0.3) is 0 Å². The summed E-state index contributed by atoms with van der Waals surface area (Å²) in [5.41, 5.74) is 2.60. The minimum atomic E-state index is -1.20. The summed E-state index contributed by atoms with van der Waals surface area (Å²) in [7, 11) is 1.33. The topological polar surface area (TPSA) is 159 Å². The number of nitrogens with one attached hydrogen (secondary N) is 2.